The van der Waals surface area contributed by atoms with Gasteiger partial charge >= 0.3 is 5.95 Å². The molecule has 1 amide bonds. The van der Waals surface area contributed by atoms with Crippen LogP contribution >= 0.6 is 0 Å². The topological polar surface area (TPSA) is 146 Å². The standard InChI is InChI=1S/C26H30N2O9S/c1-33-19-7-5-18(6-8-19)23-24(34-2)37-22(27-23)4-3-15-36-20-9-11-21(12-10-20)38(31,32)26(25(29)28-30)13-16-35-17-14-26/h5-12,30H,3-4,13-17H2,1-2H3,(H,28,29). The molecule has 0 bridgehead atoms. The van der Waals surface area contributed by atoms with Gasteiger partial charge in [-0.2, -0.15) is 0 Å². The maximum Gasteiger partial charge on any atom is 0.313 e. The number of benzene rings is 2. The van der Waals surface area contributed by atoms with Crippen molar-refractivity contribution in [2.45, 2.75) is 35.3 Å². The zero-order valence-corrected chi connectivity index (χ0v) is 22.0. The lowest BCUT2D eigenvalue weighted by molar-refractivity contribution is -0.134. The van der Waals surface area contributed by atoms with Crippen LogP contribution in [0.5, 0.6) is 17.4 Å². The molecule has 1 aromatic heterocycles. The number of aryl methyl sites for hydroxylation is 1. The number of hydrogen-bond donors (Lipinski definition) is 2. The van der Waals surface area contributed by atoms with Crippen LogP contribution in [0.2, 0.25) is 0 Å². The molecule has 0 radical (unpaired) electrons. The van der Waals surface area contributed by atoms with Crippen LogP contribution in [-0.4, -0.2) is 63.3 Å². The predicted octanol–water partition coefficient (Wildman–Crippen LogP) is 3.20. The smallest absolute Gasteiger partial charge is 0.313 e. The molecule has 1 fully saturated rings. The lowest BCUT2D eigenvalue weighted by Gasteiger charge is -2.34. The van der Waals surface area contributed by atoms with Crippen molar-refractivity contribution in [1.82, 2.24) is 10.5 Å². The summed E-state index contributed by atoms with van der Waals surface area (Å²) in [7, 11) is -0.972. The SMILES string of the molecule is COc1ccc(-c2nc(CCCOc3ccc(S(=O)(=O)C4(C(=O)NO)CCOCC4)cc3)oc2OC)cc1. The first kappa shape index (κ1) is 27.4. The molecule has 0 saturated carbocycles. The number of hydroxylamine groups is 1. The maximum absolute atomic E-state index is 13.3. The van der Waals surface area contributed by atoms with Crippen LogP contribution in [0.15, 0.2) is 57.8 Å². The van der Waals surface area contributed by atoms with E-state index < -0.39 is 20.5 Å². The van der Waals surface area contributed by atoms with E-state index in [9.17, 15) is 13.2 Å². The molecule has 2 N–H and O–H groups in total. The number of sulfone groups is 1. The summed E-state index contributed by atoms with van der Waals surface area (Å²) >= 11 is 0. The summed E-state index contributed by atoms with van der Waals surface area (Å²) in [6.07, 6.45) is 0.989. The van der Waals surface area contributed by atoms with Crippen molar-refractivity contribution < 1.29 is 41.8 Å². The van der Waals surface area contributed by atoms with Crippen LogP contribution < -0.4 is 19.7 Å². The molecule has 3 aromatic rings. The van der Waals surface area contributed by atoms with Crippen molar-refractivity contribution in [1.29, 1.82) is 0 Å². The van der Waals surface area contributed by atoms with Gasteiger partial charge in [0.2, 0.25) is 0 Å². The van der Waals surface area contributed by atoms with Gasteiger partial charge in [0, 0.05) is 25.2 Å². The monoisotopic (exact) mass is 546 g/mol. The Kier molecular flexibility index (Phi) is 8.55. The number of ether oxygens (including phenoxy) is 4. The second-order valence-electron chi connectivity index (χ2n) is 8.65. The van der Waals surface area contributed by atoms with E-state index in [0.717, 1.165) is 11.3 Å². The first-order valence-corrected chi connectivity index (χ1v) is 13.5. The summed E-state index contributed by atoms with van der Waals surface area (Å²) in [5.41, 5.74) is 2.94. The van der Waals surface area contributed by atoms with Crippen molar-refractivity contribution in [3.63, 3.8) is 0 Å². The number of carbonyl (C=O) groups excluding carboxylic acids is 1. The molecule has 0 unspecified atom stereocenters. The number of nitrogens with zero attached hydrogens (tertiary/aromatic N) is 1. The van der Waals surface area contributed by atoms with Gasteiger partial charge in [0.05, 0.1) is 25.7 Å². The second kappa shape index (κ2) is 11.8. The number of rotatable bonds is 11. The number of carbonyl (C=O) groups is 1. The van der Waals surface area contributed by atoms with Gasteiger partial charge in [-0.05, 0) is 67.8 Å². The summed E-state index contributed by atoms with van der Waals surface area (Å²) in [6, 6.07) is 13.3. The Morgan fingerprint density at radius 2 is 1.68 bits per heavy atom. The molecule has 12 heteroatoms. The molecule has 11 nitrogen and oxygen atoms in total. The largest absolute Gasteiger partial charge is 0.497 e. The number of oxazole rings is 1. The van der Waals surface area contributed by atoms with Crippen molar-refractivity contribution in [3.05, 3.63) is 54.4 Å². The number of aromatic nitrogens is 1. The Morgan fingerprint density at radius 1 is 1.03 bits per heavy atom. The quantitative estimate of drug-likeness (QED) is 0.209. The summed E-state index contributed by atoms with van der Waals surface area (Å²) in [4.78, 5) is 16.9. The van der Waals surface area contributed by atoms with Crippen LogP contribution in [0.1, 0.15) is 25.2 Å². The highest BCUT2D eigenvalue weighted by Crippen LogP contribution is 2.36. The number of amides is 1. The van der Waals surface area contributed by atoms with E-state index in [-0.39, 0.29) is 31.0 Å². The molecule has 1 aliphatic heterocycles. The predicted molar refractivity (Wildman–Crippen MR) is 135 cm³/mol. The highest BCUT2D eigenvalue weighted by Gasteiger charge is 2.52. The van der Waals surface area contributed by atoms with Crippen LogP contribution in [0.4, 0.5) is 0 Å². The molecule has 1 aliphatic rings. The van der Waals surface area contributed by atoms with Crippen LogP contribution in [0, 0.1) is 0 Å². The van der Waals surface area contributed by atoms with Crippen LogP contribution in [0.3, 0.4) is 0 Å². The molecule has 38 heavy (non-hydrogen) atoms. The van der Waals surface area contributed by atoms with Gasteiger partial charge in [0.15, 0.2) is 26.2 Å². The highest BCUT2D eigenvalue weighted by atomic mass is 32.2. The molecule has 2 heterocycles. The molecule has 0 atom stereocenters. The van der Waals surface area contributed by atoms with Gasteiger partial charge in [-0.1, -0.05) is 0 Å². The number of nitrogens with one attached hydrogen (secondary N) is 1. The van der Waals surface area contributed by atoms with E-state index in [1.165, 1.54) is 36.9 Å². The third-order valence-electron chi connectivity index (χ3n) is 6.46. The van der Waals surface area contributed by atoms with Crippen molar-refractivity contribution in [2.24, 2.45) is 0 Å². The third kappa shape index (κ3) is 5.47. The fourth-order valence-corrected chi connectivity index (χ4v) is 6.24. The van der Waals surface area contributed by atoms with Crippen molar-refractivity contribution >= 4 is 15.7 Å². The lowest BCUT2D eigenvalue weighted by Crippen LogP contribution is -2.54. The molecule has 0 spiro atoms. The molecule has 1 saturated heterocycles. The molecule has 2 aromatic carbocycles. The summed E-state index contributed by atoms with van der Waals surface area (Å²) in [6.45, 7) is 0.542. The fourth-order valence-electron chi connectivity index (χ4n) is 4.30. The van der Waals surface area contributed by atoms with Gasteiger partial charge in [-0.3, -0.25) is 10.0 Å². The van der Waals surface area contributed by atoms with Crippen molar-refractivity contribution in [3.8, 4) is 28.7 Å². The molecular formula is C26H30N2O9S. The minimum absolute atomic E-state index is 0.0340. The average molecular weight is 547 g/mol. The Bertz CT molecular complexity index is 1330. The fraction of sp³-hybridized carbons (Fsp3) is 0.385. The van der Waals surface area contributed by atoms with E-state index in [1.54, 1.807) is 7.11 Å². The number of hydrogen-bond acceptors (Lipinski definition) is 10. The minimum Gasteiger partial charge on any atom is -0.497 e. The van der Waals surface area contributed by atoms with Gasteiger partial charge in [-0.15, -0.1) is 0 Å². The van der Waals surface area contributed by atoms with E-state index in [0.29, 0.717) is 42.7 Å². The van der Waals surface area contributed by atoms with Gasteiger partial charge in [-0.25, -0.2) is 18.9 Å². The Labute approximate surface area is 220 Å². The highest BCUT2D eigenvalue weighted by molar-refractivity contribution is 7.93. The molecule has 0 aliphatic carbocycles. The zero-order valence-electron chi connectivity index (χ0n) is 21.1. The zero-order chi connectivity index (χ0) is 27.2. The normalized spacial score (nSPS) is 15.0. The summed E-state index contributed by atoms with van der Waals surface area (Å²) < 4.78 is 52.1. The second-order valence-corrected chi connectivity index (χ2v) is 10.9. The molecule has 204 valence electrons. The average Bonchev–Trinajstić information content (AvgIpc) is 3.38. The van der Waals surface area contributed by atoms with Gasteiger partial charge in [0.25, 0.3) is 5.91 Å². The van der Waals surface area contributed by atoms with Crippen molar-refractivity contribution in [2.75, 3.05) is 34.0 Å². The maximum atomic E-state index is 13.3. The summed E-state index contributed by atoms with van der Waals surface area (Å²) in [5.74, 6) is 1.07. The van der Waals surface area contributed by atoms with Gasteiger partial charge in [0.1, 0.15) is 11.5 Å². The minimum atomic E-state index is -4.09. The van der Waals surface area contributed by atoms with E-state index >= 15 is 0 Å². The van der Waals surface area contributed by atoms with Crippen LogP contribution in [-0.2, 0) is 25.8 Å². The first-order chi connectivity index (χ1) is 18.3. The lowest BCUT2D eigenvalue weighted by atomic mass is 9.98. The van der Waals surface area contributed by atoms with Gasteiger partial charge < -0.3 is 23.4 Å². The van der Waals surface area contributed by atoms with Crippen LogP contribution in [0.25, 0.3) is 11.3 Å². The first-order valence-electron chi connectivity index (χ1n) is 12.0. The van der Waals surface area contributed by atoms with E-state index in [1.807, 2.05) is 24.3 Å². The van der Waals surface area contributed by atoms with E-state index in [4.69, 9.17) is 28.6 Å². The Hall–Kier alpha value is -3.61. The Morgan fingerprint density at radius 3 is 2.29 bits per heavy atom. The number of methoxy groups -OCH3 is 2. The third-order valence-corrected chi connectivity index (χ3v) is 8.97. The molecule has 4 rings (SSSR count). The Balaban J connectivity index is 1.36. The molecular weight excluding hydrogens is 516 g/mol. The summed E-state index contributed by atoms with van der Waals surface area (Å²) in [5, 5.41) is 9.17. The van der Waals surface area contributed by atoms with E-state index in [2.05, 4.69) is 4.98 Å².